The zero-order valence-electron chi connectivity index (χ0n) is 11.3. The Kier molecular flexibility index (Phi) is 5.29. The molecule has 0 aliphatic carbocycles. The highest BCUT2D eigenvalue weighted by Gasteiger charge is 2.20. The van der Waals surface area contributed by atoms with Gasteiger partial charge in [-0.05, 0) is 31.5 Å². The Balaban J connectivity index is 3.16. The van der Waals surface area contributed by atoms with Crippen LogP contribution in [0.25, 0.3) is 0 Å². The van der Waals surface area contributed by atoms with Crippen LogP contribution >= 0.6 is 0 Å². The van der Waals surface area contributed by atoms with Crippen LogP contribution in [0.3, 0.4) is 0 Å². The van der Waals surface area contributed by atoms with E-state index in [9.17, 15) is 13.2 Å². The van der Waals surface area contributed by atoms with Gasteiger partial charge in [0.25, 0.3) is 0 Å². The first-order valence-electron chi connectivity index (χ1n) is 5.86. The van der Waals surface area contributed by atoms with Gasteiger partial charge in [-0.15, -0.1) is 6.58 Å². The molecule has 1 rings (SSSR count). The van der Waals surface area contributed by atoms with E-state index in [4.69, 9.17) is 9.84 Å². The highest BCUT2D eigenvalue weighted by atomic mass is 32.2. The Labute approximate surface area is 118 Å². The van der Waals surface area contributed by atoms with Gasteiger partial charge in [0.1, 0.15) is 11.3 Å². The Hall–Kier alpha value is -1.86. The third kappa shape index (κ3) is 3.82. The molecule has 1 aromatic carbocycles. The predicted molar refractivity (Wildman–Crippen MR) is 74.6 cm³/mol. The third-order valence-electron chi connectivity index (χ3n) is 2.59. The molecule has 0 aliphatic heterocycles. The van der Waals surface area contributed by atoms with E-state index < -0.39 is 16.0 Å². The highest BCUT2D eigenvalue weighted by molar-refractivity contribution is 7.89. The number of sulfonamides is 1. The summed E-state index contributed by atoms with van der Waals surface area (Å²) in [5, 5.41) is 9.04. The largest absolute Gasteiger partial charge is 0.496 e. The number of rotatable bonds is 7. The second-order valence-corrected chi connectivity index (χ2v) is 5.93. The van der Waals surface area contributed by atoms with E-state index in [0.29, 0.717) is 6.42 Å². The van der Waals surface area contributed by atoms with Crippen molar-refractivity contribution in [3.63, 3.8) is 0 Å². The lowest BCUT2D eigenvalue weighted by molar-refractivity contribution is 0.0693. The van der Waals surface area contributed by atoms with Gasteiger partial charge in [-0.2, -0.15) is 0 Å². The van der Waals surface area contributed by atoms with Gasteiger partial charge >= 0.3 is 5.97 Å². The van der Waals surface area contributed by atoms with Gasteiger partial charge < -0.3 is 9.84 Å². The summed E-state index contributed by atoms with van der Waals surface area (Å²) in [6.07, 6.45) is 2.07. The molecule has 0 fully saturated rings. The van der Waals surface area contributed by atoms with Crippen molar-refractivity contribution in [3.8, 4) is 5.75 Å². The van der Waals surface area contributed by atoms with Crippen molar-refractivity contribution < 1.29 is 23.1 Å². The van der Waals surface area contributed by atoms with E-state index in [1.165, 1.54) is 19.2 Å². The van der Waals surface area contributed by atoms with Crippen LogP contribution < -0.4 is 9.46 Å². The first-order chi connectivity index (χ1) is 9.31. The number of ether oxygens (including phenoxy) is 1. The summed E-state index contributed by atoms with van der Waals surface area (Å²) < 4.78 is 31.6. The van der Waals surface area contributed by atoms with Gasteiger partial charge in [-0.3, -0.25) is 0 Å². The van der Waals surface area contributed by atoms with E-state index in [-0.39, 0.29) is 22.3 Å². The number of hydrogen-bond donors (Lipinski definition) is 2. The predicted octanol–water partition coefficient (Wildman–Crippen LogP) is 1.64. The Morgan fingerprint density at radius 1 is 1.55 bits per heavy atom. The molecular weight excluding hydrogens is 282 g/mol. The van der Waals surface area contributed by atoms with Gasteiger partial charge in [-0.25, -0.2) is 17.9 Å². The molecule has 7 heteroatoms. The molecule has 0 saturated heterocycles. The molecule has 1 atom stereocenters. The summed E-state index contributed by atoms with van der Waals surface area (Å²) in [6.45, 7) is 5.23. The van der Waals surface area contributed by atoms with Crippen molar-refractivity contribution in [2.75, 3.05) is 7.11 Å². The average molecular weight is 299 g/mol. The molecule has 0 bridgehead atoms. The summed E-state index contributed by atoms with van der Waals surface area (Å²) in [5.41, 5.74) is -0.202. The van der Waals surface area contributed by atoms with Crippen LogP contribution in [0.1, 0.15) is 23.7 Å². The van der Waals surface area contributed by atoms with Crippen LogP contribution in [0.2, 0.25) is 0 Å². The maximum absolute atomic E-state index is 12.1. The fraction of sp³-hybridized carbons (Fsp3) is 0.308. The van der Waals surface area contributed by atoms with E-state index in [1.807, 2.05) is 0 Å². The maximum atomic E-state index is 12.1. The minimum atomic E-state index is -3.78. The van der Waals surface area contributed by atoms with Crippen LogP contribution in [0, 0.1) is 0 Å². The second-order valence-electron chi connectivity index (χ2n) is 4.21. The molecule has 0 heterocycles. The maximum Gasteiger partial charge on any atom is 0.339 e. The first-order valence-corrected chi connectivity index (χ1v) is 7.34. The Bertz CT molecular complexity index is 609. The Morgan fingerprint density at radius 3 is 2.70 bits per heavy atom. The molecule has 0 saturated carbocycles. The Morgan fingerprint density at radius 2 is 2.20 bits per heavy atom. The number of aromatic carboxylic acids is 1. The van der Waals surface area contributed by atoms with Gasteiger partial charge in [0.2, 0.25) is 10.0 Å². The van der Waals surface area contributed by atoms with E-state index in [2.05, 4.69) is 11.3 Å². The zero-order chi connectivity index (χ0) is 15.3. The third-order valence-corrected chi connectivity index (χ3v) is 4.18. The fourth-order valence-corrected chi connectivity index (χ4v) is 2.93. The SMILES string of the molecule is C=CCC(C)NS(=O)(=O)c1ccc(OC)c(C(=O)O)c1. The van der Waals surface area contributed by atoms with Crippen LogP contribution in [-0.4, -0.2) is 32.6 Å². The number of benzene rings is 1. The van der Waals surface area contributed by atoms with E-state index >= 15 is 0 Å². The molecule has 0 aromatic heterocycles. The number of methoxy groups -OCH3 is 1. The van der Waals surface area contributed by atoms with Gasteiger partial charge in [0.05, 0.1) is 12.0 Å². The number of carboxylic acids is 1. The standard InChI is InChI=1S/C13H17NO5S/c1-4-5-9(2)14-20(17,18)10-6-7-12(19-3)11(8-10)13(15)16/h4,6-9,14H,1,5H2,2-3H3,(H,15,16). The smallest absolute Gasteiger partial charge is 0.339 e. The first kappa shape index (κ1) is 16.2. The number of hydrogen-bond acceptors (Lipinski definition) is 4. The molecule has 1 aromatic rings. The summed E-state index contributed by atoms with van der Waals surface area (Å²) >= 11 is 0. The van der Waals surface area contributed by atoms with Crippen LogP contribution in [-0.2, 0) is 10.0 Å². The molecule has 0 radical (unpaired) electrons. The van der Waals surface area contributed by atoms with E-state index in [1.54, 1.807) is 13.0 Å². The monoisotopic (exact) mass is 299 g/mol. The van der Waals surface area contributed by atoms with Crippen LogP contribution in [0.4, 0.5) is 0 Å². The van der Waals surface area contributed by atoms with Gasteiger partial charge in [0.15, 0.2) is 0 Å². The van der Waals surface area contributed by atoms with E-state index in [0.717, 1.165) is 6.07 Å². The molecule has 0 amide bonds. The van der Waals surface area contributed by atoms with Gasteiger partial charge in [-0.1, -0.05) is 6.08 Å². The van der Waals surface area contributed by atoms with Crippen LogP contribution in [0.5, 0.6) is 5.75 Å². The summed E-state index contributed by atoms with van der Waals surface area (Å²) in [4.78, 5) is 11.0. The van der Waals surface area contributed by atoms with Crippen molar-refractivity contribution in [2.24, 2.45) is 0 Å². The number of nitrogens with one attached hydrogen (secondary N) is 1. The molecule has 1 unspecified atom stereocenters. The molecule has 2 N–H and O–H groups in total. The second kappa shape index (κ2) is 6.53. The molecular formula is C13H17NO5S. The lowest BCUT2D eigenvalue weighted by Crippen LogP contribution is -2.32. The molecule has 6 nitrogen and oxygen atoms in total. The fourth-order valence-electron chi connectivity index (χ4n) is 1.65. The summed E-state index contributed by atoms with van der Waals surface area (Å²) in [5.74, 6) is -1.14. The average Bonchev–Trinajstić information content (AvgIpc) is 2.37. The van der Waals surface area contributed by atoms with Crippen molar-refractivity contribution in [1.82, 2.24) is 4.72 Å². The molecule has 110 valence electrons. The quantitative estimate of drug-likeness (QED) is 0.747. The van der Waals surface area contributed by atoms with Crippen molar-refractivity contribution in [3.05, 3.63) is 36.4 Å². The number of carboxylic acid groups (broad SMARTS) is 1. The van der Waals surface area contributed by atoms with Crippen molar-refractivity contribution >= 4 is 16.0 Å². The van der Waals surface area contributed by atoms with Gasteiger partial charge in [0, 0.05) is 6.04 Å². The zero-order valence-corrected chi connectivity index (χ0v) is 12.1. The number of carbonyl (C=O) groups is 1. The summed E-state index contributed by atoms with van der Waals surface area (Å²) in [6, 6.07) is 3.36. The lowest BCUT2D eigenvalue weighted by atomic mass is 10.2. The van der Waals surface area contributed by atoms with Crippen molar-refractivity contribution in [2.45, 2.75) is 24.3 Å². The molecule has 0 spiro atoms. The highest BCUT2D eigenvalue weighted by Crippen LogP contribution is 2.22. The molecule has 0 aliphatic rings. The normalized spacial score (nSPS) is 12.7. The van der Waals surface area contributed by atoms with Crippen LogP contribution in [0.15, 0.2) is 35.7 Å². The topological polar surface area (TPSA) is 92.7 Å². The molecule has 20 heavy (non-hydrogen) atoms. The van der Waals surface area contributed by atoms with Crippen molar-refractivity contribution in [1.29, 1.82) is 0 Å². The summed E-state index contributed by atoms with van der Waals surface area (Å²) in [7, 11) is -2.46. The minimum Gasteiger partial charge on any atom is -0.496 e. The lowest BCUT2D eigenvalue weighted by Gasteiger charge is -2.13. The minimum absolute atomic E-state index is 0.107.